The van der Waals surface area contributed by atoms with E-state index in [1.165, 1.54) is 23.6 Å². The van der Waals surface area contributed by atoms with Gasteiger partial charge in [-0.2, -0.15) is 0 Å². The fraction of sp³-hybridized carbons (Fsp3) is 0.615. The van der Waals surface area contributed by atoms with Gasteiger partial charge in [0.15, 0.2) is 5.12 Å². The van der Waals surface area contributed by atoms with Gasteiger partial charge in [-0.1, -0.05) is 25.6 Å². The SMILES string of the molecule is CC(=O)SCC1=C(C(=O)O)N2C(=O)[C@@](N)(C(C)C)[C@H]2SC1. The summed E-state index contributed by atoms with van der Waals surface area (Å²) >= 11 is 2.52. The van der Waals surface area contributed by atoms with E-state index >= 15 is 0 Å². The van der Waals surface area contributed by atoms with E-state index in [0.717, 1.165) is 11.8 Å². The third-order valence-corrected chi connectivity index (χ3v) is 6.16. The standard InChI is InChI=1S/C13H18N2O4S2/c1-6(2)13(14)11(19)15-9(10(17)18)8(4-20-7(3)16)5-21-12(13)15/h6,12H,4-5,14H2,1-3H3,(H,17,18)/t12-,13+/m1/s1. The summed E-state index contributed by atoms with van der Waals surface area (Å²) in [7, 11) is 0. The van der Waals surface area contributed by atoms with Crippen molar-refractivity contribution in [1.29, 1.82) is 0 Å². The molecule has 0 spiro atoms. The van der Waals surface area contributed by atoms with E-state index in [1.807, 2.05) is 13.8 Å². The van der Waals surface area contributed by atoms with Crippen molar-refractivity contribution in [2.24, 2.45) is 11.7 Å². The zero-order chi connectivity index (χ0) is 15.9. The average molecular weight is 330 g/mol. The van der Waals surface area contributed by atoms with Gasteiger partial charge in [0.05, 0.1) is 0 Å². The third-order valence-electron chi connectivity index (χ3n) is 3.83. The van der Waals surface area contributed by atoms with Crippen LogP contribution in [-0.2, 0) is 14.4 Å². The van der Waals surface area contributed by atoms with Crippen molar-refractivity contribution in [3.05, 3.63) is 11.3 Å². The number of nitrogens with two attached hydrogens (primary N) is 1. The molecular formula is C13H18N2O4S2. The first-order valence-electron chi connectivity index (χ1n) is 6.54. The highest BCUT2D eigenvalue weighted by Gasteiger charge is 2.63. The molecule has 0 unspecified atom stereocenters. The van der Waals surface area contributed by atoms with E-state index in [2.05, 4.69) is 0 Å². The Morgan fingerprint density at radius 3 is 2.67 bits per heavy atom. The van der Waals surface area contributed by atoms with Crippen LogP contribution in [0.1, 0.15) is 20.8 Å². The molecular weight excluding hydrogens is 312 g/mol. The summed E-state index contributed by atoms with van der Waals surface area (Å²) < 4.78 is 0. The summed E-state index contributed by atoms with van der Waals surface area (Å²) in [5.74, 6) is -0.792. The van der Waals surface area contributed by atoms with Crippen LogP contribution in [0.5, 0.6) is 0 Å². The highest BCUT2D eigenvalue weighted by Crippen LogP contribution is 2.48. The van der Waals surface area contributed by atoms with Gasteiger partial charge in [-0.25, -0.2) is 4.79 Å². The second kappa shape index (κ2) is 5.66. The van der Waals surface area contributed by atoms with Gasteiger partial charge in [0.2, 0.25) is 0 Å². The lowest BCUT2D eigenvalue weighted by Gasteiger charge is -2.57. The molecule has 2 atom stereocenters. The van der Waals surface area contributed by atoms with Crippen LogP contribution < -0.4 is 5.73 Å². The summed E-state index contributed by atoms with van der Waals surface area (Å²) in [4.78, 5) is 36.3. The molecule has 0 radical (unpaired) electrons. The molecule has 2 heterocycles. The topological polar surface area (TPSA) is 101 Å². The molecule has 0 bridgehead atoms. The van der Waals surface area contributed by atoms with Crippen molar-refractivity contribution in [2.75, 3.05) is 11.5 Å². The largest absolute Gasteiger partial charge is 0.477 e. The summed E-state index contributed by atoms with van der Waals surface area (Å²) in [5.41, 5.74) is 5.78. The lowest BCUT2D eigenvalue weighted by Crippen LogP contribution is -2.80. The maximum absolute atomic E-state index is 12.4. The van der Waals surface area contributed by atoms with E-state index in [-0.39, 0.29) is 28.0 Å². The second-order valence-electron chi connectivity index (χ2n) is 5.46. The van der Waals surface area contributed by atoms with Crippen LogP contribution in [0.3, 0.4) is 0 Å². The number of hydrogen-bond donors (Lipinski definition) is 2. The Kier molecular flexibility index (Phi) is 4.41. The fourth-order valence-corrected chi connectivity index (χ4v) is 4.85. The van der Waals surface area contributed by atoms with Crippen molar-refractivity contribution in [1.82, 2.24) is 4.90 Å². The van der Waals surface area contributed by atoms with E-state index in [1.54, 1.807) is 0 Å². The molecule has 1 amide bonds. The Morgan fingerprint density at radius 2 is 2.19 bits per heavy atom. The van der Waals surface area contributed by atoms with Crippen molar-refractivity contribution < 1.29 is 19.5 Å². The van der Waals surface area contributed by atoms with Crippen LogP contribution in [-0.4, -0.2) is 49.4 Å². The number of carbonyl (C=O) groups excluding carboxylic acids is 2. The van der Waals surface area contributed by atoms with Crippen molar-refractivity contribution in [2.45, 2.75) is 31.7 Å². The molecule has 2 aliphatic heterocycles. The minimum absolute atomic E-state index is 0.000718. The molecule has 6 nitrogen and oxygen atoms in total. The van der Waals surface area contributed by atoms with E-state index < -0.39 is 11.5 Å². The number of carboxylic acid groups (broad SMARTS) is 1. The predicted octanol–water partition coefficient (Wildman–Crippen LogP) is 0.873. The lowest BCUT2D eigenvalue weighted by molar-refractivity contribution is -0.157. The van der Waals surface area contributed by atoms with Gasteiger partial charge in [-0.3, -0.25) is 14.5 Å². The van der Waals surface area contributed by atoms with Gasteiger partial charge in [0, 0.05) is 18.4 Å². The van der Waals surface area contributed by atoms with Crippen LogP contribution in [0, 0.1) is 5.92 Å². The van der Waals surface area contributed by atoms with Gasteiger partial charge in [-0.05, 0) is 11.5 Å². The smallest absolute Gasteiger partial charge is 0.352 e. The molecule has 0 aromatic heterocycles. The lowest BCUT2D eigenvalue weighted by atomic mass is 9.78. The van der Waals surface area contributed by atoms with Gasteiger partial charge in [-0.15, -0.1) is 11.8 Å². The maximum Gasteiger partial charge on any atom is 0.352 e. The third kappa shape index (κ3) is 2.49. The highest BCUT2D eigenvalue weighted by atomic mass is 32.2. The van der Waals surface area contributed by atoms with Crippen LogP contribution in [0.4, 0.5) is 0 Å². The number of nitrogens with zero attached hydrogens (tertiary/aromatic N) is 1. The van der Waals surface area contributed by atoms with Crippen LogP contribution in [0.2, 0.25) is 0 Å². The molecule has 0 aliphatic carbocycles. The molecule has 1 saturated heterocycles. The molecule has 21 heavy (non-hydrogen) atoms. The van der Waals surface area contributed by atoms with Gasteiger partial charge in [0.25, 0.3) is 5.91 Å². The normalized spacial score (nSPS) is 28.5. The molecule has 1 fully saturated rings. The first-order chi connectivity index (χ1) is 9.71. The fourth-order valence-electron chi connectivity index (χ4n) is 2.50. The highest BCUT2D eigenvalue weighted by molar-refractivity contribution is 8.13. The summed E-state index contributed by atoms with van der Waals surface area (Å²) in [6.07, 6.45) is 0. The number of carbonyl (C=O) groups is 3. The number of rotatable bonds is 4. The van der Waals surface area contributed by atoms with Crippen molar-refractivity contribution >= 4 is 40.5 Å². The molecule has 2 rings (SSSR count). The Labute approximate surface area is 131 Å². The Balaban J connectivity index is 2.33. The number of thioether (sulfide) groups is 2. The molecule has 0 aromatic carbocycles. The number of amides is 1. The molecule has 8 heteroatoms. The summed E-state index contributed by atoms with van der Waals surface area (Å²) in [5, 5.41) is 9.00. The first-order valence-corrected chi connectivity index (χ1v) is 8.57. The monoisotopic (exact) mass is 330 g/mol. The molecule has 0 saturated carbocycles. The predicted molar refractivity (Wildman–Crippen MR) is 82.6 cm³/mol. The van der Waals surface area contributed by atoms with Crippen molar-refractivity contribution in [3.63, 3.8) is 0 Å². The van der Waals surface area contributed by atoms with E-state index in [0.29, 0.717) is 17.1 Å². The van der Waals surface area contributed by atoms with Crippen LogP contribution >= 0.6 is 23.5 Å². The Morgan fingerprint density at radius 1 is 1.57 bits per heavy atom. The van der Waals surface area contributed by atoms with E-state index in [4.69, 9.17) is 5.73 Å². The average Bonchev–Trinajstić information content (AvgIpc) is 2.41. The van der Waals surface area contributed by atoms with Crippen molar-refractivity contribution in [3.8, 4) is 0 Å². The molecule has 2 aliphatic rings. The van der Waals surface area contributed by atoms with Gasteiger partial charge < -0.3 is 10.8 Å². The maximum atomic E-state index is 12.4. The minimum atomic E-state index is -1.14. The Hall–Kier alpha value is -0.990. The van der Waals surface area contributed by atoms with Gasteiger partial charge in [0.1, 0.15) is 16.6 Å². The molecule has 0 aromatic rings. The number of fused-ring (bicyclic) bond motifs is 1. The molecule has 3 N–H and O–H groups in total. The van der Waals surface area contributed by atoms with Crippen LogP contribution in [0.25, 0.3) is 0 Å². The summed E-state index contributed by atoms with van der Waals surface area (Å²) in [6.45, 7) is 5.16. The Bertz CT molecular complexity index is 546. The molecule has 116 valence electrons. The first kappa shape index (κ1) is 16.4. The number of aliphatic carboxylic acids is 1. The minimum Gasteiger partial charge on any atom is -0.477 e. The zero-order valence-electron chi connectivity index (χ0n) is 12.1. The quantitative estimate of drug-likeness (QED) is 0.738. The van der Waals surface area contributed by atoms with Crippen LogP contribution in [0.15, 0.2) is 11.3 Å². The number of β-lactam (4-membered cyclic amide) rings is 1. The zero-order valence-corrected chi connectivity index (χ0v) is 13.7. The second-order valence-corrected chi connectivity index (χ2v) is 7.68. The summed E-state index contributed by atoms with van der Waals surface area (Å²) in [6, 6.07) is 0. The number of carboxylic acids is 1. The van der Waals surface area contributed by atoms with Gasteiger partial charge >= 0.3 is 5.97 Å². The number of hydrogen-bond acceptors (Lipinski definition) is 6. The van der Waals surface area contributed by atoms with E-state index in [9.17, 15) is 19.5 Å².